The molecule has 0 saturated carbocycles. The molecule has 0 saturated heterocycles. The molecule has 0 aliphatic rings. The van der Waals surface area contributed by atoms with Gasteiger partial charge in [0.1, 0.15) is 11.2 Å². The zero-order valence-corrected chi connectivity index (χ0v) is 26.4. The summed E-state index contributed by atoms with van der Waals surface area (Å²) in [4.78, 5) is 0. The second-order valence-electron chi connectivity index (χ2n) is 12.5. The number of fused-ring (bicyclic) bond motifs is 6. The van der Waals surface area contributed by atoms with E-state index in [9.17, 15) is 5.48 Å². The van der Waals surface area contributed by atoms with Crippen molar-refractivity contribution in [2.24, 2.45) is 0 Å². The van der Waals surface area contributed by atoms with Crippen molar-refractivity contribution in [3.05, 3.63) is 182 Å². The van der Waals surface area contributed by atoms with Gasteiger partial charge in [-0.05, 0) is 101 Å². The Morgan fingerprint density at radius 1 is 0.327 bits per heavy atom. The van der Waals surface area contributed by atoms with Crippen LogP contribution in [0.25, 0.3) is 98.8 Å². The SMILES string of the molecule is [2H]c1c([2H])c(-c2c3ccccc3c(-c3ccccc3)c3ccccc23)c([2H])c([2H])c1-c1ccc2oc3cc(-c4cccc5ccccc45)ccc3c2c1. The third-order valence-corrected chi connectivity index (χ3v) is 9.73. The molecule has 1 heteroatoms. The number of benzene rings is 9. The summed E-state index contributed by atoms with van der Waals surface area (Å²) >= 11 is 0. The van der Waals surface area contributed by atoms with Gasteiger partial charge in [-0.15, -0.1) is 0 Å². The van der Waals surface area contributed by atoms with Crippen molar-refractivity contribution in [2.45, 2.75) is 0 Å². The van der Waals surface area contributed by atoms with Crippen LogP contribution in [-0.2, 0) is 0 Å². The molecule has 0 radical (unpaired) electrons. The Labute approximate surface area is 289 Å². The van der Waals surface area contributed by atoms with Crippen LogP contribution in [0.15, 0.2) is 186 Å². The monoisotopic (exact) mass is 626 g/mol. The molecule has 1 nitrogen and oxygen atoms in total. The lowest BCUT2D eigenvalue weighted by Gasteiger charge is -2.18. The summed E-state index contributed by atoms with van der Waals surface area (Å²) in [5.41, 5.74) is 7.66. The van der Waals surface area contributed by atoms with Crippen molar-refractivity contribution in [2.75, 3.05) is 0 Å². The Morgan fingerprint density at radius 3 is 1.61 bits per heavy atom. The van der Waals surface area contributed by atoms with Gasteiger partial charge in [0.05, 0.1) is 5.48 Å². The highest BCUT2D eigenvalue weighted by Gasteiger charge is 2.17. The van der Waals surface area contributed by atoms with Crippen LogP contribution in [0.2, 0.25) is 0 Å². The average molecular weight is 627 g/mol. The van der Waals surface area contributed by atoms with Crippen LogP contribution in [0.4, 0.5) is 0 Å². The Bertz CT molecular complexity index is 3020. The van der Waals surface area contributed by atoms with Gasteiger partial charge in [0.25, 0.3) is 0 Å². The molecule has 49 heavy (non-hydrogen) atoms. The summed E-state index contributed by atoms with van der Waals surface area (Å²) in [5.74, 6) is 0. The van der Waals surface area contributed by atoms with E-state index in [0.717, 1.165) is 60.2 Å². The Balaban J connectivity index is 1.15. The van der Waals surface area contributed by atoms with E-state index in [1.807, 2.05) is 78.9 Å². The Kier molecular flexibility index (Phi) is 5.38. The maximum absolute atomic E-state index is 9.45. The van der Waals surface area contributed by atoms with Crippen molar-refractivity contribution in [1.29, 1.82) is 0 Å². The lowest BCUT2D eigenvalue weighted by molar-refractivity contribution is 0.669. The van der Waals surface area contributed by atoms with Crippen molar-refractivity contribution in [3.8, 4) is 44.5 Å². The van der Waals surface area contributed by atoms with Crippen LogP contribution >= 0.6 is 0 Å². The third-order valence-electron chi connectivity index (χ3n) is 9.73. The molecule has 0 spiro atoms. The van der Waals surface area contributed by atoms with Crippen LogP contribution in [0.3, 0.4) is 0 Å². The maximum atomic E-state index is 9.45. The predicted octanol–water partition coefficient (Wildman–Crippen LogP) is 13.7. The number of furan rings is 1. The van der Waals surface area contributed by atoms with Crippen molar-refractivity contribution in [1.82, 2.24) is 0 Å². The van der Waals surface area contributed by atoms with E-state index in [1.54, 1.807) is 0 Å². The average Bonchev–Trinajstić information content (AvgIpc) is 3.57. The van der Waals surface area contributed by atoms with E-state index in [4.69, 9.17) is 4.42 Å². The molecule has 10 aromatic rings. The molecular formula is C48H30O. The standard InChI is InChI=1S/C48H30O/c1-2-12-33(13-3-1)47-40-16-6-8-18-42(40)48(43-19-9-7-17-41(43)47)34-23-21-31(22-24-34)35-26-28-45-44(29-35)39-27-25-36(30-46(39)49-45)38-20-10-14-32-11-4-5-15-37(32)38/h1-30H/i21D,22D,23D,24D. The van der Waals surface area contributed by atoms with Crippen LogP contribution in [0, 0.1) is 0 Å². The minimum atomic E-state index is -0.0771. The maximum Gasteiger partial charge on any atom is 0.136 e. The summed E-state index contributed by atoms with van der Waals surface area (Å²) in [7, 11) is 0. The first-order chi connectivity index (χ1) is 26.0. The predicted molar refractivity (Wildman–Crippen MR) is 208 cm³/mol. The highest BCUT2D eigenvalue weighted by atomic mass is 16.3. The minimum Gasteiger partial charge on any atom is -0.456 e. The first kappa shape index (κ1) is 23.8. The normalized spacial score (nSPS) is 12.8. The van der Waals surface area contributed by atoms with Gasteiger partial charge in [-0.1, -0.05) is 158 Å². The van der Waals surface area contributed by atoms with Crippen LogP contribution in [0.5, 0.6) is 0 Å². The summed E-state index contributed by atoms with van der Waals surface area (Å²) < 4.78 is 44.0. The third kappa shape index (κ3) is 4.47. The van der Waals surface area contributed by atoms with Gasteiger partial charge >= 0.3 is 0 Å². The smallest absolute Gasteiger partial charge is 0.136 e. The van der Waals surface area contributed by atoms with Crippen LogP contribution in [-0.4, -0.2) is 0 Å². The fourth-order valence-electron chi connectivity index (χ4n) is 7.47. The molecule has 10 rings (SSSR count). The van der Waals surface area contributed by atoms with Gasteiger partial charge in [0.2, 0.25) is 0 Å². The Hall–Kier alpha value is -6.44. The largest absolute Gasteiger partial charge is 0.456 e. The molecule has 0 fully saturated rings. The Morgan fingerprint density at radius 2 is 0.898 bits per heavy atom. The van der Waals surface area contributed by atoms with Gasteiger partial charge in [0, 0.05) is 10.8 Å². The molecule has 0 N–H and O–H groups in total. The quantitative estimate of drug-likeness (QED) is 0.177. The van der Waals surface area contributed by atoms with E-state index < -0.39 is 0 Å². The molecule has 0 aliphatic heterocycles. The summed E-state index contributed by atoms with van der Waals surface area (Å²) in [5, 5.41) is 7.89. The second-order valence-corrected chi connectivity index (χ2v) is 12.5. The fraction of sp³-hybridized carbons (Fsp3) is 0. The lowest BCUT2D eigenvalue weighted by atomic mass is 9.86. The number of hydrogen-bond acceptors (Lipinski definition) is 1. The summed E-state index contributed by atoms with van der Waals surface area (Å²) in [6.07, 6.45) is 0. The topological polar surface area (TPSA) is 13.1 Å². The van der Waals surface area contributed by atoms with E-state index in [1.165, 1.54) is 10.8 Å². The van der Waals surface area contributed by atoms with Crippen LogP contribution < -0.4 is 0 Å². The van der Waals surface area contributed by atoms with Gasteiger partial charge in [-0.2, -0.15) is 0 Å². The van der Waals surface area contributed by atoms with Crippen molar-refractivity contribution in [3.63, 3.8) is 0 Å². The van der Waals surface area contributed by atoms with Crippen molar-refractivity contribution >= 4 is 54.3 Å². The molecular weight excluding hydrogens is 593 g/mol. The van der Waals surface area contributed by atoms with E-state index in [2.05, 4.69) is 78.9 Å². The van der Waals surface area contributed by atoms with E-state index >= 15 is 0 Å². The van der Waals surface area contributed by atoms with Gasteiger partial charge in [-0.25, -0.2) is 0 Å². The first-order valence-corrected chi connectivity index (χ1v) is 16.5. The molecule has 1 heterocycles. The summed E-state index contributed by atoms with van der Waals surface area (Å²) in [6, 6.07) is 52.6. The molecule has 9 aromatic carbocycles. The molecule has 0 unspecified atom stereocenters. The molecule has 0 atom stereocenters. The van der Waals surface area contributed by atoms with Gasteiger partial charge in [-0.3, -0.25) is 0 Å². The van der Waals surface area contributed by atoms with Crippen molar-refractivity contribution < 1.29 is 9.90 Å². The molecule has 1 aromatic heterocycles. The molecule has 0 aliphatic carbocycles. The highest BCUT2D eigenvalue weighted by molar-refractivity contribution is 6.21. The van der Waals surface area contributed by atoms with Gasteiger partial charge in [0.15, 0.2) is 0 Å². The number of hydrogen-bond donors (Lipinski definition) is 0. The zero-order valence-electron chi connectivity index (χ0n) is 30.4. The molecule has 0 bridgehead atoms. The van der Waals surface area contributed by atoms with E-state index in [0.29, 0.717) is 22.3 Å². The highest BCUT2D eigenvalue weighted by Crippen LogP contribution is 2.44. The second kappa shape index (κ2) is 11.1. The summed E-state index contributed by atoms with van der Waals surface area (Å²) in [6.45, 7) is 0. The zero-order chi connectivity index (χ0) is 35.8. The lowest BCUT2D eigenvalue weighted by Crippen LogP contribution is -1.90. The minimum absolute atomic E-state index is 0.0688. The molecule has 228 valence electrons. The van der Waals surface area contributed by atoms with E-state index in [-0.39, 0.29) is 29.7 Å². The van der Waals surface area contributed by atoms with Gasteiger partial charge < -0.3 is 4.42 Å². The van der Waals surface area contributed by atoms with Crippen LogP contribution in [0.1, 0.15) is 5.48 Å². The number of rotatable bonds is 4. The first-order valence-electron chi connectivity index (χ1n) is 18.5. The molecule has 0 amide bonds. The fourth-order valence-corrected chi connectivity index (χ4v) is 7.47.